The first kappa shape index (κ1) is 31.7. The van der Waals surface area contributed by atoms with E-state index in [9.17, 15) is 5.26 Å². The monoisotopic (exact) mass is 761 g/mol. The number of fused-ring (bicyclic) bond motifs is 7. The minimum atomic E-state index is 0.142. The third-order valence-corrected chi connectivity index (χ3v) is 13.7. The predicted molar refractivity (Wildman–Crippen MR) is 235 cm³/mol. The molecule has 11 rings (SSSR count). The quantitative estimate of drug-likeness (QED) is 0.129. The van der Waals surface area contributed by atoms with Crippen LogP contribution in [-0.4, -0.2) is 14.5 Å². The summed E-state index contributed by atoms with van der Waals surface area (Å²) < 4.78 is 2.83. The Kier molecular flexibility index (Phi) is 7.32. The van der Waals surface area contributed by atoms with Gasteiger partial charge in [0, 0.05) is 0 Å². The van der Waals surface area contributed by atoms with E-state index >= 15 is 0 Å². The van der Waals surface area contributed by atoms with E-state index in [1.54, 1.807) is 0 Å². The Hall–Kier alpha value is -6.75. The molecule has 0 bridgehead atoms. The van der Waals surface area contributed by atoms with Crippen LogP contribution < -0.4 is 0 Å². The molecule has 0 aliphatic rings. The summed E-state index contributed by atoms with van der Waals surface area (Å²) in [5, 5.41) is 22.7. The van der Waals surface area contributed by atoms with Crippen LogP contribution in [0.4, 0.5) is 0 Å². The first-order valence-electron chi connectivity index (χ1n) is 18.7. The molecule has 1 aromatic heterocycles. The van der Waals surface area contributed by atoms with Crippen molar-refractivity contribution >= 4 is 76.9 Å². The molecular formula is C53H31NSe. The Morgan fingerprint density at radius 2 is 0.655 bits per heavy atom. The van der Waals surface area contributed by atoms with Crippen LogP contribution in [-0.2, 0) is 0 Å². The fourth-order valence-electron chi connectivity index (χ4n) is 9.13. The molecular weight excluding hydrogens is 730 g/mol. The molecule has 11 aromatic rings. The average Bonchev–Trinajstić information content (AvgIpc) is 3.65. The second kappa shape index (κ2) is 12.7. The number of nitrogens with zero attached hydrogens (tertiary/aromatic N) is 1. The van der Waals surface area contributed by atoms with Crippen LogP contribution in [0.2, 0.25) is 0 Å². The van der Waals surface area contributed by atoms with E-state index in [1.807, 2.05) is 18.2 Å². The Labute approximate surface area is 324 Å². The van der Waals surface area contributed by atoms with Gasteiger partial charge in [0.25, 0.3) is 0 Å². The molecule has 0 spiro atoms. The van der Waals surface area contributed by atoms with Gasteiger partial charge in [0.2, 0.25) is 0 Å². The maximum atomic E-state index is 10.2. The number of benzene rings is 10. The summed E-state index contributed by atoms with van der Waals surface area (Å²) in [5.74, 6) is 0. The number of hydrogen-bond acceptors (Lipinski definition) is 1. The summed E-state index contributed by atoms with van der Waals surface area (Å²) in [6.45, 7) is 0. The summed E-state index contributed by atoms with van der Waals surface area (Å²) in [7, 11) is 0. The molecule has 254 valence electrons. The SMILES string of the molecule is N#Cc1ccccc1-c1c2ccccc2c(-c2cccc3[se]c4cccc(-c5c6ccccc6c(-c6ccccc6)c6ccccc56)c4c23)c2ccccc12. The van der Waals surface area contributed by atoms with E-state index in [-0.39, 0.29) is 14.5 Å². The molecule has 2 heteroatoms. The summed E-state index contributed by atoms with van der Waals surface area (Å²) in [5.41, 5.74) is 10.4. The van der Waals surface area contributed by atoms with Gasteiger partial charge in [-0.1, -0.05) is 0 Å². The first-order valence-corrected chi connectivity index (χ1v) is 20.4. The second-order valence-electron chi connectivity index (χ2n) is 14.2. The van der Waals surface area contributed by atoms with E-state index in [2.05, 4.69) is 176 Å². The van der Waals surface area contributed by atoms with Gasteiger partial charge in [0.05, 0.1) is 0 Å². The van der Waals surface area contributed by atoms with E-state index in [1.165, 1.54) is 85.0 Å². The molecule has 0 saturated carbocycles. The Bertz CT molecular complexity index is 3270. The number of nitriles is 1. The number of hydrogen-bond donors (Lipinski definition) is 0. The van der Waals surface area contributed by atoms with Gasteiger partial charge < -0.3 is 0 Å². The van der Waals surface area contributed by atoms with Gasteiger partial charge in [0.1, 0.15) is 0 Å². The van der Waals surface area contributed by atoms with Gasteiger partial charge >= 0.3 is 326 Å². The summed E-state index contributed by atoms with van der Waals surface area (Å²) in [4.78, 5) is 0. The van der Waals surface area contributed by atoms with Crippen molar-refractivity contribution in [3.05, 3.63) is 194 Å². The fraction of sp³-hybridized carbons (Fsp3) is 0. The zero-order valence-electron chi connectivity index (χ0n) is 29.8. The van der Waals surface area contributed by atoms with Gasteiger partial charge in [-0.15, -0.1) is 0 Å². The topological polar surface area (TPSA) is 23.8 Å². The molecule has 55 heavy (non-hydrogen) atoms. The molecule has 0 aliphatic carbocycles. The van der Waals surface area contributed by atoms with Crippen molar-refractivity contribution in [2.75, 3.05) is 0 Å². The van der Waals surface area contributed by atoms with Crippen LogP contribution in [0.25, 0.3) is 107 Å². The van der Waals surface area contributed by atoms with Crippen molar-refractivity contribution in [3.63, 3.8) is 0 Å². The molecule has 0 amide bonds. The minimum absolute atomic E-state index is 0.142. The predicted octanol–water partition coefficient (Wildman–Crippen LogP) is 14.2. The first-order chi connectivity index (χ1) is 27.3. The summed E-state index contributed by atoms with van der Waals surface area (Å²) >= 11 is 0.142. The zero-order chi connectivity index (χ0) is 36.5. The zero-order valence-corrected chi connectivity index (χ0v) is 31.5. The van der Waals surface area contributed by atoms with Crippen LogP contribution >= 0.6 is 0 Å². The molecule has 0 radical (unpaired) electrons. The van der Waals surface area contributed by atoms with Gasteiger partial charge in [-0.25, -0.2) is 0 Å². The average molecular weight is 761 g/mol. The molecule has 0 N–H and O–H groups in total. The van der Waals surface area contributed by atoms with Crippen molar-refractivity contribution in [1.82, 2.24) is 0 Å². The van der Waals surface area contributed by atoms with Crippen LogP contribution in [0.1, 0.15) is 5.56 Å². The van der Waals surface area contributed by atoms with E-state index in [0.29, 0.717) is 5.56 Å². The Morgan fingerprint density at radius 3 is 1.09 bits per heavy atom. The van der Waals surface area contributed by atoms with E-state index in [0.717, 1.165) is 21.9 Å². The molecule has 1 nitrogen and oxygen atoms in total. The van der Waals surface area contributed by atoms with Gasteiger partial charge in [0.15, 0.2) is 0 Å². The molecule has 1 heterocycles. The normalized spacial score (nSPS) is 11.6. The van der Waals surface area contributed by atoms with Gasteiger partial charge in [-0.05, 0) is 0 Å². The molecule has 0 unspecified atom stereocenters. The fourth-order valence-corrected chi connectivity index (χ4v) is 11.6. The van der Waals surface area contributed by atoms with Crippen molar-refractivity contribution < 1.29 is 0 Å². The van der Waals surface area contributed by atoms with E-state index < -0.39 is 0 Å². The van der Waals surface area contributed by atoms with Crippen molar-refractivity contribution in [2.45, 2.75) is 0 Å². The second-order valence-corrected chi connectivity index (χ2v) is 16.4. The molecule has 0 aliphatic heterocycles. The molecule has 0 saturated heterocycles. The van der Waals surface area contributed by atoms with Crippen molar-refractivity contribution in [3.8, 4) is 50.6 Å². The molecule has 10 aromatic carbocycles. The summed E-state index contributed by atoms with van der Waals surface area (Å²) in [6, 6.07) is 70.7. The maximum absolute atomic E-state index is 10.2. The standard InChI is InChI=1S/C53H31NSe/c54-32-34-18-4-5-19-35(34)49-40-24-10-12-26-42(40)51(43-27-13-11-25-41(43)49)45-29-15-31-47-53(45)52-44(28-14-30-46(52)55-47)50-38-22-8-6-20-36(38)48(33-16-2-1-3-17-33)37-21-7-9-23-39(37)50/h1-31H. The van der Waals surface area contributed by atoms with Crippen LogP contribution in [0, 0.1) is 11.3 Å². The van der Waals surface area contributed by atoms with Gasteiger partial charge in [-0.3, -0.25) is 0 Å². The third kappa shape index (κ3) is 4.78. The molecule has 0 atom stereocenters. The third-order valence-electron chi connectivity index (χ3n) is 11.3. The van der Waals surface area contributed by atoms with E-state index in [4.69, 9.17) is 0 Å². The molecule has 0 fully saturated rings. The number of rotatable bonds is 4. The van der Waals surface area contributed by atoms with Crippen molar-refractivity contribution in [1.29, 1.82) is 5.26 Å². The Morgan fingerprint density at radius 1 is 0.309 bits per heavy atom. The van der Waals surface area contributed by atoms with Crippen LogP contribution in [0.15, 0.2) is 188 Å². The van der Waals surface area contributed by atoms with Crippen LogP contribution in [0.5, 0.6) is 0 Å². The van der Waals surface area contributed by atoms with Crippen LogP contribution in [0.3, 0.4) is 0 Å². The summed E-state index contributed by atoms with van der Waals surface area (Å²) in [6.07, 6.45) is 0. The van der Waals surface area contributed by atoms with Gasteiger partial charge in [-0.2, -0.15) is 0 Å². The van der Waals surface area contributed by atoms with Crippen molar-refractivity contribution in [2.24, 2.45) is 0 Å². The Balaban J connectivity index is 1.29.